The molecule has 78 valence electrons. The molecular formula is C11H15BrFN. The van der Waals surface area contributed by atoms with Crippen molar-refractivity contribution in [2.75, 3.05) is 6.54 Å². The number of hydrogen-bond donors (Lipinski definition) is 1. The minimum Gasteiger partial charge on any atom is -0.314 e. The van der Waals surface area contributed by atoms with Gasteiger partial charge in [0, 0.05) is 6.04 Å². The van der Waals surface area contributed by atoms with Gasteiger partial charge in [-0.05, 0) is 53.5 Å². The molecule has 0 spiro atoms. The van der Waals surface area contributed by atoms with E-state index in [1.807, 2.05) is 12.1 Å². The standard InChI is InChI=1S/C11H15BrFN/c1-3-14-8(2)6-9-4-5-11(13)10(12)7-9/h4-5,7-8,14H,3,6H2,1-2H3. The molecule has 0 aliphatic heterocycles. The maximum atomic E-state index is 12.9. The van der Waals surface area contributed by atoms with Crippen molar-refractivity contribution in [2.24, 2.45) is 0 Å². The lowest BCUT2D eigenvalue weighted by atomic mass is 10.1. The van der Waals surface area contributed by atoms with Crippen LogP contribution in [-0.2, 0) is 6.42 Å². The van der Waals surface area contributed by atoms with Gasteiger partial charge in [0.25, 0.3) is 0 Å². The van der Waals surface area contributed by atoms with E-state index in [1.54, 1.807) is 0 Å². The second-order valence-electron chi connectivity index (χ2n) is 3.41. The van der Waals surface area contributed by atoms with Crippen LogP contribution in [0.4, 0.5) is 4.39 Å². The average Bonchev–Trinajstić information content (AvgIpc) is 2.12. The summed E-state index contributed by atoms with van der Waals surface area (Å²) in [6.45, 7) is 5.17. The molecule has 1 atom stereocenters. The molecule has 0 aliphatic carbocycles. The fraction of sp³-hybridized carbons (Fsp3) is 0.455. The molecule has 1 aromatic rings. The van der Waals surface area contributed by atoms with Gasteiger partial charge in [-0.2, -0.15) is 0 Å². The lowest BCUT2D eigenvalue weighted by molar-refractivity contribution is 0.563. The molecule has 3 heteroatoms. The molecule has 14 heavy (non-hydrogen) atoms. The second kappa shape index (κ2) is 5.47. The molecular weight excluding hydrogens is 245 g/mol. The Labute approximate surface area is 92.8 Å². The van der Waals surface area contributed by atoms with Gasteiger partial charge in [-0.1, -0.05) is 13.0 Å². The highest BCUT2D eigenvalue weighted by Crippen LogP contribution is 2.17. The van der Waals surface area contributed by atoms with Crippen LogP contribution in [0.2, 0.25) is 0 Å². The summed E-state index contributed by atoms with van der Waals surface area (Å²) in [7, 11) is 0. The first-order chi connectivity index (χ1) is 6.63. The van der Waals surface area contributed by atoms with Gasteiger partial charge in [-0.3, -0.25) is 0 Å². The molecule has 0 saturated heterocycles. The SMILES string of the molecule is CCNC(C)Cc1ccc(F)c(Br)c1. The Kier molecular flexibility index (Phi) is 4.55. The van der Waals surface area contributed by atoms with Crippen LogP contribution in [0.5, 0.6) is 0 Å². The maximum absolute atomic E-state index is 12.9. The molecule has 1 unspecified atom stereocenters. The summed E-state index contributed by atoms with van der Waals surface area (Å²) < 4.78 is 13.5. The fourth-order valence-electron chi connectivity index (χ4n) is 1.44. The Morgan fingerprint density at radius 3 is 2.79 bits per heavy atom. The minimum atomic E-state index is -0.204. The van der Waals surface area contributed by atoms with Crippen LogP contribution in [0.3, 0.4) is 0 Å². The van der Waals surface area contributed by atoms with Crippen molar-refractivity contribution in [3.63, 3.8) is 0 Å². The Bertz CT molecular complexity index is 301. The highest BCUT2D eigenvalue weighted by molar-refractivity contribution is 9.10. The first kappa shape index (κ1) is 11.7. The highest BCUT2D eigenvalue weighted by atomic mass is 79.9. The van der Waals surface area contributed by atoms with Gasteiger partial charge in [0.15, 0.2) is 0 Å². The van der Waals surface area contributed by atoms with Gasteiger partial charge in [-0.15, -0.1) is 0 Å². The highest BCUT2D eigenvalue weighted by Gasteiger charge is 2.04. The summed E-state index contributed by atoms with van der Waals surface area (Å²) in [6, 6.07) is 5.59. The summed E-state index contributed by atoms with van der Waals surface area (Å²) in [5, 5.41) is 3.32. The third kappa shape index (κ3) is 3.39. The normalized spacial score (nSPS) is 12.9. The Morgan fingerprint density at radius 1 is 1.50 bits per heavy atom. The van der Waals surface area contributed by atoms with Gasteiger partial charge in [0.2, 0.25) is 0 Å². The topological polar surface area (TPSA) is 12.0 Å². The molecule has 0 fully saturated rings. The van der Waals surface area contributed by atoms with Gasteiger partial charge < -0.3 is 5.32 Å². The summed E-state index contributed by atoms with van der Waals surface area (Å²) in [6.07, 6.45) is 0.923. The van der Waals surface area contributed by atoms with E-state index in [2.05, 4.69) is 35.1 Å². The van der Waals surface area contributed by atoms with Crippen LogP contribution in [0.15, 0.2) is 22.7 Å². The summed E-state index contributed by atoms with van der Waals surface area (Å²) in [5.74, 6) is -0.204. The summed E-state index contributed by atoms with van der Waals surface area (Å²) in [5.41, 5.74) is 1.15. The molecule has 1 rings (SSSR count). The van der Waals surface area contributed by atoms with Crippen molar-refractivity contribution in [3.05, 3.63) is 34.1 Å². The molecule has 0 bridgehead atoms. The van der Waals surface area contributed by atoms with E-state index >= 15 is 0 Å². The number of benzene rings is 1. The minimum absolute atomic E-state index is 0.204. The smallest absolute Gasteiger partial charge is 0.137 e. The first-order valence-corrected chi connectivity index (χ1v) is 5.60. The molecule has 1 aromatic carbocycles. The van der Waals surface area contributed by atoms with Crippen molar-refractivity contribution >= 4 is 15.9 Å². The van der Waals surface area contributed by atoms with Gasteiger partial charge in [-0.25, -0.2) is 4.39 Å². The van der Waals surface area contributed by atoms with Crippen molar-refractivity contribution in [3.8, 4) is 0 Å². The van der Waals surface area contributed by atoms with Crippen molar-refractivity contribution in [1.82, 2.24) is 5.32 Å². The zero-order chi connectivity index (χ0) is 10.6. The van der Waals surface area contributed by atoms with Crippen LogP contribution in [-0.4, -0.2) is 12.6 Å². The van der Waals surface area contributed by atoms with E-state index in [4.69, 9.17) is 0 Å². The molecule has 0 saturated carbocycles. The monoisotopic (exact) mass is 259 g/mol. The van der Waals surface area contributed by atoms with Crippen LogP contribution < -0.4 is 5.32 Å². The zero-order valence-corrected chi connectivity index (χ0v) is 10.1. The quantitative estimate of drug-likeness (QED) is 0.877. The zero-order valence-electron chi connectivity index (χ0n) is 8.48. The molecule has 1 N–H and O–H groups in total. The van der Waals surface area contributed by atoms with Gasteiger partial charge >= 0.3 is 0 Å². The Balaban J connectivity index is 2.63. The summed E-state index contributed by atoms with van der Waals surface area (Å²) in [4.78, 5) is 0. The summed E-state index contributed by atoms with van der Waals surface area (Å²) >= 11 is 3.18. The van der Waals surface area contributed by atoms with Crippen LogP contribution >= 0.6 is 15.9 Å². The van der Waals surface area contributed by atoms with Crippen molar-refractivity contribution in [1.29, 1.82) is 0 Å². The van der Waals surface area contributed by atoms with E-state index < -0.39 is 0 Å². The van der Waals surface area contributed by atoms with E-state index in [-0.39, 0.29) is 5.82 Å². The lowest BCUT2D eigenvalue weighted by Crippen LogP contribution is -2.27. The number of nitrogens with one attached hydrogen (secondary N) is 1. The molecule has 0 aliphatic rings. The lowest BCUT2D eigenvalue weighted by Gasteiger charge is -2.12. The van der Waals surface area contributed by atoms with Crippen molar-refractivity contribution in [2.45, 2.75) is 26.3 Å². The van der Waals surface area contributed by atoms with Gasteiger partial charge in [0.05, 0.1) is 4.47 Å². The number of likely N-dealkylation sites (N-methyl/N-ethyl adjacent to an activating group) is 1. The third-order valence-electron chi connectivity index (χ3n) is 2.08. The van der Waals surface area contributed by atoms with E-state index in [1.165, 1.54) is 6.07 Å². The third-order valence-corrected chi connectivity index (χ3v) is 2.69. The van der Waals surface area contributed by atoms with Crippen LogP contribution in [0.1, 0.15) is 19.4 Å². The molecule has 1 nitrogen and oxygen atoms in total. The Morgan fingerprint density at radius 2 is 2.21 bits per heavy atom. The number of hydrogen-bond acceptors (Lipinski definition) is 1. The Hall–Kier alpha value is -0.410. The molecule has 0 aromatic heterocycles. The maximum Gasteiger partial charge on any atom is 0.137 e. The predicted molar refractivity (Wildman–Crippen MR) is 60.9 cm³/mol. The second-order valence-corrected chi connectivity index (χ2v) is 4.27. The predicted octanol–water partition coefficient (Wildman–Crippen LogP) is 3.13. The fourth-order valence-corrected chi connectivity index (χ4v) is 1.87. The number of halogens is 2. The molecule has 0 amide bonds. The number of rotatable bonds is 4. The average molecular weight is 260 g/mol. The van der Waals surface area contributed by atoms with Crippen LogP contribution in [0, 0.1) is 5.82 Å². The van der Waals surface area contributed by atoms with E-state index in [9.17, 15) is 4.39 Å². The van der Waals surface area contributed by atoms with Gasteiger partial charge in [0.1, 0.15) is 5.82 Å². The molecule has 0 heterocycles. The van der Waals surface area contributed by atoms with Crippen LogP contribution in [0.25, 0.3) is 0 Å². The largest absolute Gasteiger partial charge is 0.314 e. The van der Waals surface area contributed by atoms with E-state index in [0.29, 0.717) is 10.5 Å². The van der Waals surface area contributed by atoms with Crippen molar-refractivity contribution < 1.29 is 4.39 Å². The van der Waals surface area contributed by atoms with E-state index in [0.717, 1.165) is 18.5 Å². The first-order valence-electron chi connectivity index (χ1n) is 4.80. The molecule has 0 radical (unpaired) electrons.